The number of hydrogen-bond acceptors (Lipinski definition) is 6. The van der Waals surface area contributed by atoms with Crippen LogP contribution < -0.4 is 0 Å². The fraction of sp³-hybridized carbons (Fsp3) is 0.0213. The van der Waals surface area contributed by atoms with Crippen molar-refractivity contribution in [2.75, 3.05) is 0 Å². The highest BCUT2D eigenvalue weighted by molar-refractivity contribution is 8.00. The highest BCUT2D eigenvalue weighted by atomic mass is 32.2. The Balaban J connectivity index is 0.467. The van der Waals surface area contributed by atoms with Gasteiger partial charge in [-0.1, -0.05) is 363 Å². The minimum atomic E-state index is -0.649. The first-order valence-corrected chi connectivity index (χ1v) is 55.8. The summed E-state index contributed by atoms with van der Waals surface area (Å²) in [4.78, 5) is 7.65. The lowest BCUT2D eigenvalue weighted by atomic mass is 9.67. The normalized spacial score (nSPS) is 15.6. The molecule has 3 aliphatic heterocycles. The van der Waals surface area contributed by atoms with E-state index >= 15 is 0 Å². The second-order valence-corrected chi connectivity index (χ2v) is 47.1. The molecule has 0 saturated heterocycles. The van der Waals surface area contributed by atoms with Gasteiger partial charge in [0.2, 0.25) is 0 Å². The average molecular weight is 1990 g/mol. The molecule has 2 atom stereocenters. The predicted molar refractivity (Wildman–Crippen MR) is 630 cm³/mol. The Morgan fingerprint density at radius 1 is 0.167 bits per heavy atom. The number of aromatic nitrogens is 3. The smallest absolute Gasteiger partial charge is 0.136 e. The molecule has 9 heteroatoms. The predicted octanol–water partition coefficient (Wildman–Crippen LogP) is 38.9. The van der Waals surface area contributed by atoms with E-state index in [1.165, 1.54) is 284 Å². The van der Waals surface area contributed by atoms with Gasteiger partial charge in [-0.3, -0.25) is 0 Å². The van der Waals surface area contributed by atoms with Crippen LogP contribution in [0.2, 0.25) is 0 Å². The van der Waals surface area contributed by atoms with Crippen molar-refractivity contribution in [3.63, 3.8) is 0 Å². The molecule has 0 fully saturated rings. The summed E-state index contributed by atoms with van der Waals surface area (Å²) < 4.78 is 20.0. The van der Waals surface area contributed by atoms with Gasteiger partial charge in [0.1, 0.15) is 11.2 Å². The molecule has 0 radical (unpaired) electrons. The summed E-state index contributed by atoms with van der Waals surface area (Å²) in [7, 11) is 0. The average Bonchev–Trinajstić information content (AvgIpc) is 1.29. The van der Waals surface area contributed by atoms with E-state index in [9.17, 15) is 0 Å². The van der Waals surface area contributed by atoms with E-state index in [2.05, 4.69) is 481 Å². The summed E-state index contributed by atoms with van der Waals surface area (Å²) >= 11 is 9.53. The number of thiophene rings is 2. The molecule has 9 heterocycles. The maximum atomic E-state index is 7.10. The maximum Gasteiger partial charge on any atom is 0.136 e. The molecule has 24 aromatic carbocycles. The summed E-state index contributed by atoms with van der Waals surface area (Å²) in [5.41, 5.74) is 38.8. The fourth-order valence-electron chi connectivity index (χ4n) is 28.7. The highest BCUT2D eigenvalue weighted by Gasteiger charge is 2.55. The van der Waals surface area contributed by atoms with Crippen LogP contribution in [-0.2, 0) is 16.2 Å². The SMILES string of the molecule is c1ccc2c(c1)Sc1cc3c(cc1C21c2ccccc2-c2ccccc21)c1ccc2ccccc2c1n3-c1ccc2oc3cc(-c4ccc5c(c4)-c4ccccc4C54c5ccccc5Sc5cc6c(cc54)c4ccc5ccccc5c4n6-c4ccc5sc6cc(-c7ccc8c(c7)-c7ccccc7C87c8ccccc8Sc8cc9c(cc87)c7ccc8ccccc8c7n9-c7ccc8c(c7)sc7ccccc78)ccc6c5c4)ccc3c2c1. The monoisotopic (exact) mass is 1990 g/mol. The lowest BCUT2D eigenvalue weighted by molar-refractivity contribution is 0.669. The van der Waals surface area contributed by atoms with Crippen LogP contribution in [-0.4, -0.2) is 13.7 Å². The fourth-order valence-corrected chi connectivity index (χ4v) is 34.5. The van der Waals surface area contributed by atoms with Gasteiger partial charge in [0.15, 0.2) is 0 Å². The summed E-state index contributed by atoms with van der Waals surface area (Å²) in [5.74, 6) is 0. The van der Waals surface area contributed by atoms with Crippen molar-refractivity contribution >= 4 is 218 Å². The molecule has 0 saturated carbocycles. The molecule has 4 nitrogen and oxygen atoms in total. The second-order valence-electron chi connectivity index (χ2n) is 41.7. The standard InChI is InChI=1S/C141H77N3OS5/c1-4-26-88-78(23-1)45-57-99-104-72-118-133(148-128-42-20-16-38-115(128)139(118)109-34-12-7-29-91(109)92-30-8-13-35-110(92)139)75-121(104)142(136(88)99)85-53-63-124-107(69-85)95-55-48-83(67-125(95)145-124)81-50-61-113-102(65-81)93-31-9-14-36-111(93)140(113)116-39-17-21-43-129(116)149-134-76-122-105(73-119(134)140)100-58-46-79-24-2-5-27-89(79)137(100)143(122)86-54-64-127-108(70-86)98-56-49-84(68-131(98)147-127)82-51-62-114-103(66-82)94-32-10-15-37-112(94)141(114)117-40-18-22-44-130(117)150-135-77-123-106(74-120(135)141)101-59-47-80-25-3-6-28-90(80)138(101)144(123)87-52-60-97-96-33-11-19-41-126(96)146-132(97)71-87/h1-77H. The minimum absolute atomic E-state index is 0.502. The first kappa shape index (κ1) is 81.9. The van der Waals surface area contributed by atoms with Crippen LogP contribution in [0.1, 0.15) is 66.8 Å². The van der Waals surface area contributed by atoms with Gasteiger partial charge in [-0.05, 0) is 278 Å². The number of rotatable bonds is 5. The van der Waals surface area contributed by atoms with Gasteiger partial charge in [0.05, 0.1) is 49.3 Å². The number of fused-ring (bicyclic) bond motifs is 51. The molecule has 2 unspecified atom stereocenters. The topological polar surface area (TPSA) is 27.9 Å². The zero-order chi connectivity index (χ0) is 97.1. The summed E-state index contributed by atoms with van der Waals surface area (Å²) in [6, 6.07) is 180. The summed E-state index contributed by atoms with van der Waals surface area (Å²) in [6.45, 7) is 0. The number of hydrogen-bond donors (Lipinski definition) is 0. The second kappa shape index (κ2) is 29.6. The maximum absolute atomic E-state index is 7.10. The Morgan fingerprint density at radius 3 is 0.973 bits per heavy atom. The van der Waals surface area contributed by atoms with Crippen LogP contribution in [0.25, 0.3) is 233 Å². The number of furan rings is 1. The molecule has 6 aromatic heterocycles. The van der Waals surface area contributed by atoms with Crippen LogP contribution in [0.5, 0.6) is 0 Å². The third kappa shape index (κ3) is 10.5. The van der Waals surface area contributed by atoms with Gasteiger partial charge in [0.25, 0.3) is 0 Å². The Labute approximate surface area is 880 Å². The lowest BCUT2D eigenvalue weighted by Crippen LogP contribution is -2.32. The molecule has 692 valence electrons. The van der Waals surface area contributed by atoms with Crippen molar-refractivity contribution in [3.8, 4) is 72.7 Å². The van der Waals surface area contributed by atoms with E-state index in [4.69, 9.17) is 4.42 Å². The van der Waals surface area contributed by atoms with Crippen LogP contribution in [0.15, 0.2) is 501 Å². The van der Waals surface area contributed by atoms with E-state index in [0.29, 0.717) is 0 Å². The molecule has 6 aliphatic rings. The van der Waals surface area contributed by atoms with Crippen molar-refractivity contribution in [1.29, 1.82) is 0 Å². The molecule has 150 heavy (non-hydrogen) atoms. The summed E-state index contributed by atoms with van der Waals surface area (Å²) in [5, 5.41) is 22.1. The molecule has 3 spiro atoms. The van der Waals surface area contributed by atoms with Crippen molar-refractivity contribution in [3.05, 3.63) is 534 Å². The molecule has 36 rings (SSSR count). The highest BCUT2D eigenvalue weighted by Crippen LogP contribution is 2.69. The Morgan fingerprint density at radius 2 is 0.493 bits per heavy atom. The molecule has 3 aliphatic carbocycles. The third-order valence-electron chi connectivity index (χ3n) is 34.8. The minimum Gasteiger partial charge on any atom is -0.456 e. The summed E-state index contributed by atoms with van der Waals surface area (Å²) in [6.07, 6.45) is 0. The van der Waals surface area contributed by atoms with E-state index in [1.807, 2.05) is 58.0 Å². The Hall–Kier alpha value is -17.3. The Kier molecular flexibility index (Phi) is 16.2. The van der Waals surface area contributed by atoms with E-state index in [-0.39, 0.29) is 0 Å². The molecule has 0 bridgehead atoms. The van der Waals surface area contributed by atoms with Gasteiger partial charge < -0.3 is 18.1 Å². The Bertz CT molecular complexity index is 11500. The lowest BCUT2D eigenvalue weighted by Gasteiger charge is -2.39. The van der Waals surface area contributed by atoms with Crippen LogP contribution in [0, 0.1) is 0 Å². The van der Waals surface area contributed by atoms with Crippen molar-refractivity contribution in [1.82, 2.24) is 13.7 Å². The van der Waals surface area contributed by atoms with Gasteiger partial charge in [-0.15, -0.1) is 22.7 Å². The van der Waals surface area contributed by atoms with Crippen LogP contribution in [0.3, 0.4) is 0 Å². The van der Waals surface area contributed by atoms with Gasteiger partial charge >= 0.3 is 0 Å². The molecule has 0 N–H and O–H groups in total. The van der Waals surface area contributed by atoms with E-state index in [1.54, 1.807) is 0 Å². The van der Waals surface area contributed by atoms with Gasteiger partial charge in [-0.2, -0.15) is 0 Å². The van der Waals surface area contributed by atoms with Crippen molar-refractivity contribution < 1.29 is 4.42 Å². The first-order valence-electron chi connectivity index (χ1n) is 51.7. The van der Waals surface area contributed by atoms with E-state index < -0.39 is 16.2 Å². The first-order chi connectivity index (χ1) is 74.3. The zero-order valence-corrected chi connectivity index (χ0v) is 84.3. The van der Waals surface area contributed by atoms with Crippen molar-refractivity contribution in [2.24, 2.45) is 0 Å². The van der Waals surface area contributed by atoms with Crippen molar-refractivity contribution in [2.45, 2.75) is 45.6 Å². The molecular weight excluding hydrogens is 1910 g/mol. The largest absolute Gasteiger partial charge is 0.456 e. The van der Waals surface area contributed by atoms with Gasteiger partial charge in [-0.25, -0.2) is 0 Å². The molecular formula is C141H77N3OS5. The van der Waals surface area contributed by atoms with E-state index in [0.717, 1.165) is 44.4 Å². The molecule has 0 amide bonds. The quantitative estimate of drug-likeness (QED) is 0.172. The zero-order valence-electron chi connectivity index (χ0n) is 80.2. The van der Waals surface area contributed by atoms with Crippen LogP contribution >= 0.6 is 58.0 Å². The van der Waals surface area contributed by atoms with Crippen LogP contribution in [0.4, 0.5) is 0 Å². The number of nitrogens with zero attached hydrogens (tertiary/aromatic N) is 3. The molecule has 30 aromatic rings. The third-order valence-corrected chi connectivity index (χ3v) is 40.4. The number of benzene rings is 24. The van der Waals surface area contributed by atoms with Gasteiger partial charge in [0, 0.05) is 146 Å².